The van der Waals surface area contributed by atoms with Crippen molar-refractivity contribution in [3.05, 3.63) is 22.7 Å². The summed E-state index contributed by atoms with van der Waals surface area (Å²) in [5, 5.41) is 0.597. The van der Waals surface area contributed by atoms with E-state index in [9.17, 15) is 0 Å². The number of benzene rings is 1. The second-order valence-corrected chi connectivity index (χ2v) is 3.36. The van der Waals surface area contributed by atoms with Crippen LogP contribution in [0.15, 0.2) is 12.1 Å². The van der Waals surface area contributed by atoms with Crippen molar-refractivity contribution in [3.63, 3.8) is 0 Å². The fourth-order valence-electron chi connectivity index (χ4n) is 1.36. The van der Waals surface area contributed by atoms with Crippen molar-refractivity contribution in [2.45, 2.75) is 6.42 Å². The number of hydrogen-bond acceptors (Lipinski definition) is 4. The fourth-order valence-corrected chi connectivity index (χ4v) is 1.59. The normalized spacial score (nSPS) is 10.1. The summed E-state index contributed by atoms with van der Waals surface area (Å²) in [5.74, 6) is 6.25. The van der Waals surface area contributed by atoms with Crippen molar-refractivity contribution in [2.75, 3.05) is 20.8 Å². The lowest BCUT2D eigenvalue weighted by Gasteiger charge is -2.12. The topological polar surface area (TPSA) is 53.7 Å². The fraction of sp³-hybridized carbons (Fsp3) is 0.400. The zero-order valence-corrected chi connectivity index (χ0v) is 9.50. The SMILES string of the molecule is COc1cc(Cl)cc(CCON)c1OC. The Bertz CT molecular complexity index is 331. The molecule has 0 heterocycles. The van der Waals surface area contributed by atoms with E-state index in [1.807, 2.05) is 6.07 Å². The molecule has 0 unspecified atom stereocenters. The Morgan fingerprint density at radius 3 is 2.53 bits per heavy atom. The van der Waals surface area contributed by atoms with Crippen LogP contribution in [0.1, 0.15) is 5.56 Å². The molecule has 84 valence electrons. The number of nitrogens with two attached hydrogens (primary N) is 1. The highest BCUT2D eigenvalue weighted by atomic mass is 35.5. The number of hydrogen-bond donors (Lipinski definition) is 1. The first-order chi connectivity index (χ1) is 7.22. The van der Waals surface area contributed by atoms with Crippen molar-refractivity contribution in [2.24, 2.45) is 5.90 Å². The van der Waals surface area contributed by atoms with Gasteiger partial charge in [-0.2, -0.15) is 0 Å². The van der Waals surface area contributed by atoms with Gasteiger partial charge in [-0.15, -0.1) is 0 Å². The maximum atomic E-state index is 5.93. The predicted molar refractivity (Wildman–Crippen MR) is 58.4 cm³/mol. The van der Waals surface area contributed by atoms with Crippen LogP contribution < -0.4 is 15.4 Å². The smallest absolute Gasteiger partial charge is 0.164 e. The van der Waals surface area contributed by atoms with E-state index < -0.39 is 0 Å². The van der Waals surface area contributed by atoms with Gasteiger partial charge in [-0.3, -0.25) is 0 Å². The molecule has 0 spiro atoms. The maximum Gasteiger partial charge on any atom is 0.164 e. The molecular weight excluding hydrogens is 218 g/mol. The summed E-state index contributed by atoms with van der Waals surface area (Å²) < 4.78 is 10.4. The standard InChI is InChI=1S/C10H14ClNO3/c1-13-9-6-8(11)5-7(3-4-15-12)10(9)14-2/h5-6H,3-4,12H2,1-2H3. The van der Waals surface area contributed by atoms with Crippen LogP contribution in [0.5, 0.6) is 11.5 Å². The van der Waals surface area contributed by atoms with Gasteiger partial charge in [-0.25, -0.2) is 5.90 Å². The molecule has 1 aromatic carbocycles. The zero-order valence-electron chi connectivity index (χ0n) is 8.75. The minimum atomic E-state index is 0.403. The van der Waals surface area contributed by atoms with E-state index in [2.05, 4.69) is 4.84 Å². The first-order valence-electron chi connectivity index (χ1n) is 4.45. The van der Waals surface area contributed by atoms with Crippen LogP contribution in [0.25, 0.3) is 0 Å². The second-order valence-electron chi connectivity index (χ2n) is 2.92. The molecule has 0 bridgehead atoms. The van der Waals surface area contributed by atoms with Crippen molar-refractivity contribution >= 4 is 11.6 Å². The number of rotatable bonds is 5. The Morgan fingerprint density at radius 2 is 2.00 bits per heavy atom. The van der Waals surface area contributed by atoms with Crippen LogP contribution >= 0.6 is 11.6 Å². The van der Waals surface area contributed by atoms with Crippen LogP contribution in [0.2, 0.25) is 5.02 Å². The van der Waals surface area contributed by atoms with Crippen molar-refractivity contribution in [3.8, 4) is 11.5 Å². The molecule has 0 fully saturated rings. The molecule has 0 aromatic heterocycles. The highest BCUT2D eigenvalue weighted by Crippen LogP contribution is 2.34. The number of halogens is 1. The molecule has 5 heteroatoms. The van der Waals surface area contributed by atoms with Crippen molar-refractivity contribution < 1.29 is 14.3 Å². The van der Waals surface area contributed by atoms with Gasteiger partial charge in [0.1, 0.15) is 0 Å². The van der Waals surface area contributed by atoms with Crippen molar-refractivity contribution in [1.29, 1.82) is 0 Å². The van der Waals surface area contributed by atoms with E-state index >= 15 is 0 Å². The van der Waals surface area contributed by atoms with Gasteiger partial charge in [0.25, 0.3) is 0 Å². The quantitative estimate of drug-likeness (QED) is 0.785. The number of methoxy groups -OCH3 is 2. The summed E-state index contributed by atoms with van der Waals surface area (Å²) in [4.78, 5) is 4.52. The van der Waals surface area contributed by atoms with Crippen LogP contribution in [-0.4, -0.2) is 20.8 Å². The summed E-state index contributed by atoms with van der Waals surface area (Å²) >= 11 is 5.93. The summed E-state index contributed by atoms with van der Waals surface area (Å²) in [6, 6.07) is 3.51. The molecule has 1 rings (SSSR count). The van der Waals surface area contributed by atoms with Gasteiger partial charge in [0, 0.05) is 23.1 Å². The lowest BCUT2D eigenvalue weighted by atomic mass is 10.1. The molecule has 0 saturated carbocycles. The van der Waals surface area contributed by atoms with Gasteiger partial charge in [0.05, 0.1) is 20.8 Å². The molecule has 2 N–H and O–H groups in total. The summed E-state index contributed by atoms with van der Waals surface area (Å²) in [5.41, 5.74) is 0.910. The van der Waals surface area contributed by atoms with Gasteiger partial charge in [-0.1, -0.05) is 11.6 Å². The maximum absolute atomic E-state index is 5.93. The highest BCUT2D eigenvalue weighted by Gasteiger charge is 2.11. The van der Waals surface area contributed by atoms with Gasteiger partial charge in [0.2, 0.25) is 0 Å². The Balaban J connectivity index is 3.05. The third-order valence-corrected chi connectivity index (χ3v) is 2.23. The van der Waals surface area contributed by atoms with Crippen LogP contribution in [-0.2, 0) is 11.3 Å². The Morgan fingerprint density at radius 1 is 1.27 bits per heavy atom. The van der Waals surface area contributed by atoms with E-state index in [1.54, 1.807) is 20.3 Å². The Kier molecular flexibility index (Phi) is 4.68. The second kappa shape index (κ2) is 5.80. The number of ether oxygens (including phenoxy) is 2. The molecule has 15 heavy (non-hydrogen) atoms. The first kappa shape index (κ1) is 12.1. The van der Waals surface area contributed by atoms with E-state index in [-0.39, 0.29) is 0 Å². The van der Waals surface area contributed by atoms with Crippen molar-refractivity contribution in [1.82, 2.24) is 0 Å². The van der Waals surface area contributed by atoms with Crippen LogP contribution in [0, 0.1) is 0 Å². The zero-order chi connectivity index (χ0) is 11.3. The summed E-state index contributed by atoms with van der Waals surface area (Å²) in [7, 11) is 3.15. The molecule has 0 amide bonds. The highest BCUT2D eigenvalue weighted by molar-refractivity contribution is 6.30. The minimum Gasteiger partial charge on any atom is -0.493 e. The molecule has 1 aromatic rings. The molecule has 0 saturated heterocycles. The van der Waals surface area contributed by atoms with Gasteiger partial charge < -0.3 is 14.3 Å². The molecular formula is C10H14ClNO3. The summed E-state index contributed by atoms with van der Waals surface area (Å²) in [6.07, 6.45) is 0.622. The van der Waals surface area contributed by atoms with E-state index in [0.717, 1.165) is 5.56 Å². The van der Waals surface area contributed by atoms with E-state index in [4.69, 9.17) is 27.0 Å². The molecule has 0 radical (unpaired) electrons. The van der Waals surface area contributed by atoms with Gasteiger partial charge in [0.15, 0.2) is 11.5 Å². The minimum absolute atomic E-state index is 0.403. The van der Waals surface area contributed by atoms with E-state index in [0.29, 0.717) is 29.5 Å². The van der Waals surface area contributed by atoms with Crippen LogP contribution in [0.4, 0.5) is 0 Å². The van der Waals surface area contributed by atoms with E-state index in [1.165, 1.54) is 0 Å². The monoisotopic (exact) mass is 231 g/mol. The molecule has 0 aliphatic rings. The lowest BCUT2D eigenvalue weighted by Crippen LogP contribution is -2.05. The Labute approximate surface area is 93.8 Å². The average molecular weight is 232 g/mol. The predicted octanol–water partition coefficient (Wildman–Crippen LogP) is 1.79. The third kappa shape index (κ3) is 2.99. The average Bonchev–Trinajstić information content (AvgIpc) is 2.25. The van der Waals surface area contributed by atoms with Crippen LogP contribution in [0.3, 0.4) is 0 Å². The Hall–Kier alpha value is -0.970. The van der Waals surface area contributed by atoms with Gasteiger partial charge >= 0.3 is 0 Å². The third-order valence-electron chi connectivity index (χ3n) is 2.01. The molecule has 0 aliphatic carbocycles. The summed E-state index contributed by atoms with van der Waals surface area (Å²) in [6.45, 7) is 0.403. The van der Waals surface area contributed by atoms with Gasteiger partial charge in [-0.05, 0) is 6.07 Å². The molecule has 0 aliphatic heterocycles. The largest absolute Gasteiger partial charge is 0.493 e. The molecule has 0 atom stereocenters. The molecule has 4 nitrogen and oxygen atoms in total. The first-order valence-corrected chi connectivity index (χ1v) is 4.82. The lowest BCUT2D eigenvalue weighted by molar-refractivity contribution is 0.140.